The van der Waals surface area contributed by atoms with Crippen LogP contribution in [0.2, 0.25) is 0 Å². The number of hydrogen-bond donors (Lipinski definition) is 0. The zero-order chi connectivity index (χ0) is 8.55. The van der Waals surface area contributed by atoms with Gasteiger partial charge in [-0.05, 0) is 36.5 Å². The van der Waals surface area contributed by atoms with Crippen molar-refractivity contribution in [2.75, 3.05) is 0 Å². The van der Waals surface area contributed by atoms with Gasteiger partial charge in [0.05, 0.1) is 0 Å². The Hall–Kier alpha value is 0. The van der Waals surface area contributed by atoms with Gasteiger partial charge in [-0.3, -0.25) is 0 Å². The van der Waals surface area contributed by atoms with Crippen molar-refractivity contribution >= 4 is 0 Å². The average Bonchev–Trinajstić information content (AvgIpc) is 2.07. The molecule has 0 nitrogen and oxygen atoms in total. The predicted octanol–water partition coefficient (Wildman–Crippen LogP) is 3.86. The lowest BCUT2D eigenvalue weighted by Gasteiger charge is -2.42. The van der Waals surface area contributed by atoms with Crippen LogP contribution < -0.4 is 0 Å². The minimum absolute atomic E-state index is 1.02. The molecule has 0 heteroatoms. The molecule has 0 aromatic rings. The lowest BCUT2D eigenvalue weighted by Crippen LogP contribution is -2.32. The third-order valence-electron chi connectivity index (χ3n) is 4.28. The molecule has 0 N–H and O–H groups in total. The smallest absolute Gasteiger partial charge is 0.0358 e. The molecule has 70 valence electrons. The van der Waals surface area contributed by atoms with Crippen molar-refractivity contribution < 1.29 is 0 Å². The fraction of sp³-hybridized carbons (Fsp3) is 1.00. The maximum absolute atomic E-state index is 2.48. The molecule has 4 atom stereocenters. The van der Waals surface area contributed by atoms with Crippen LogP contribution in [0.25, 0.3) is 0 Å². The van der Waals surface area contributed by atoms with Gasteiger partial charge in [0.25, 0.3) is 0 Å². The summed E-state index contributed by atoms with van der Waals surface area (Å²) in [6, 6.07) is 0. The number of hydrogen-bond acceptors (Lipinski definition) is 0. The van der Waals surface area contributed by atoms with E-state index >= 15 is 0 Å². The van der Waals surface area contributed by atoms with Crippen LogP contribution in [0.4, 0.5) is 0 Å². The Bertz CT molecular complexity index is 150. The highest BCUT2D eigenvalue weighted by Crippen LogP contribution is 2.45. The highest BCUT2D eigenvalue weighted by molar-refractivity contribution is 4.85. The normalized spacial score (nSPS) is 48.5. The van der Waals surface area contributed by atoms with Gasteiger partial charge in [0.1, 0.15) is 0 Å². The first kappa shape index (κ1) is 8.59. The second kappa shape index (κ2) is 3.40. The summed E-state index contributed by atoms with van der Waals surface area (Å²) < 4.78 is 0. The molecule has 2 aliphatic carbocycles. The van der Waals surface area contributed by atoms with Crippen molar-refractivity contribution in [3.05, 3.63) is 0 Å². The van der Waals surface area contributed by atoms with Gasteiger partial charge in [-0.15, -0.1) is 0 Å². The maximum Gasteiger partial charge on any atom is -0.0358 e. The summed E-state index contributed by atoms with van der Waals surface area (Å²) in [7, 11) is 0. The highest BCUT2D eigenvalue weighted by atomic mass is 14.4. The standard InChI is InChI=1S/C12H22/c1-9-6-7-11-5-3-4-10(2)12(11)8-9/h9-12H,3-8H2,1-2H3/t9-,10+,11+,12+/m0/s1. The van der Waals surface area contributed by atoms with Gasteiger partial charge in [-0.2, -0.15) is 0 Å². The van der Waals surface area contributed by atoms with Gasteiger partial charge < -0.3 is 0 Å². The lowest BCUT2D eigenvalue weighted by molar-refractivity contribution is 0.0880. The fourth-order valence-corrected chi connectivity index (χ4v) is 3.46. The van der Waals surface area contributed by atoms with Crippen LogP contribution in [-0.2, 0) is 0 Å². The second-order valence-corrected chi connectivity index (χ2v) is 5.25. The van der Waals surface area contributed by atoms with E-state index in [4.69, 9.17) is 0 Å². The van der Waals surface area contributed by atoms with E-state index < -0.39 is 0 Å². The minimum Gasteiger partial charge on any atom is -0.0625 e. The molecule has 2 rings (SSSR count). The Morgan fingerprint density at radius 2 is 1.75 bits per heavy atom. The predicted molar refractivity (Wildman–Crippen MR) is 53.0 cm³/mol. The Morgan fingerprint density at radius 3 is 2.58 bits per heavy atom. The van der Waals surface area contributed by atoms with E-state index in [-0.39, 0.29) is 0 Å². The monoisotopic (exact) mass is 166 g/mol. The molecule has 0 aromatic carbocycles. The van der Waals surface area contributed by atoms with E-state index in [9.17, 15) is 0 Å². The molecule has 0 unspecified atom stereocenters. The van der Waals surface area contributed by atoms with E-state index in [0.717, 1.165) is 23.7 Å². The molecular formula is C12H22. The van der Waals surface area contributed by atoms with Crippen molar-refractivity contribution in [3.8, 4) is 0 Å². The van der Waals surface area contributed by atoms with E-state index in [0.29, 0.717) is 0 Å². The van der Waals surface area contributed by atoms with Crippen molar-refractivity contribution in [3.63, 3.8) is 0 Å². The van der Waals surface area contributed by atoms with Crippen molar-refractivity contribution in [1.82, 2.24) is 0 Å². The van der Waals surface area contributed by atoms with Gasteiger partial charge in [0.15, 0.2) is 0 Å². The lowest BCUT2D eigenvalue weighted by atomic mass is 9.64. The molecule has 0 aliphatic heterocycles. The average molecular weight is 166 g/mol. The Labute approximate surface area is 76.7 Å². The Morgan fingerprint density at radius 1 is 0.917 bits per heavy atom. The second-order valence-electron chi connectivity index (χ2n) is 5.25. The van der Waals surface area contributed by atoms with Crippen molar-refractivity contribution in [2.24, 2.45) is 23.7 Å². The maximum atomic E-state index is 2.48. The first-order valence-corrected chi connectivity index (χ1v) is 5.77. The largest absolute Gasteiger partial charge is 0.0625 e. The zero-order valence-electron chi connectivity index (χ0n) is 8.55. The number of fused-ring (bicyclic) bond motifs is 1. The Balaban J connectivity index is 2.00. The molecule has 0 spiro atoms. The molecule has 2 saturated carbocycles. The van der Waals surface area contributed by atoms with Crippen LogP contribution in [0, 0.1) is 23.7 Å². The topological polar surface area (TPSA) is 0 Å². The molecule has 12 heavy (non-hydrogen) atoms. The van der Waals surface area contributed by atoms with E-state index in [1.54, 1.807) is 6.42 Å². The quantitative estimate of drug-likeness (QED) is 0.512. The van der Waals surface area contributed by atoms with Gasteiger partial charge in [-0.1, -0.05) is 39.5 Å². The molecule has 2 aliphatic rings. The molecular weight excluding hydrogens is 144 g/mol. The highest BCUT2D eigenvalue weighted by Gasteiger charge is 2.34. The van der Waals surface area contributed by atoms with Crippen LogP contribution in [0.15, 0.2) is 0 Å². The molecule has 0 aromatic heterocycles. The third-order valence-corrected chi connectivity index (χ3v) is 4.28. The van der Waals surface area contributed by atoms with E-state index in [2.05, 4.69) is 13.8 Å². The molecule has 2 fully saturated rings. The van der Waals surface area contributed by atoms with Crippen LogP contribution in [0.1, 0.15) is 52.4 Å². The number of rotatable bonds is 0. The minimum atomic E-state index is 1.02. The Kier molecular flexibility index (Phi) is 2.43. The van der Waals surface area contributed by atoms with Crippen molar-refractivity contribution in [1.29, 1.82) is 0 Å². The third kappa shape index (κ3) is 1.53. The molecule has 0 bridgehead atoms. The van der Waals surface area contributed by atoms with Crippen LogP contribution >= 0.6 is 0 Å². The zero-order valence-corrected chi connectivity index (χ0v) is 8.55. The summed E-state index contributed by atoms with van der Waals surface area (Å²) in [6.07, 6.45) is 9.14. The SMILES string of the molecule is C[C@H]1CC[C@H]2CCC[C@@H](C)[C@H]2C1. The molecule has 0 amide bonds. The van der Waals surface area contributed by atoms with Gasteiger partial charge in [0.2, 0.25) is 0 Å². The van der Waals surface area contributed by atoms with Crippen LogP contribution in [0.5, 0.6) is 0 Å². The molecule has 0 saturated heterocycles. The summed E-state index contributed by atoms with van der Waals surface area (Å²) in [6.45, 7) is 4.92. The van der Waals surface area contributed by atoms with Crippen molar-refractivity contribution in [2.45, 2.75) is 52.4 Å². The molecule has 0 heterocycles. The first-order valence-electron chi connectivity index (χ1n) is 5.77. The summed E-state index contributed by atoms with van der Waals surface area (Å²) in [5.41, 5.74) is 0. The summed E-state index contributed by atoms with van der Waals surface area (Å²) in [5.74, 6) is 4.27. The van der Waals surface area contributed by atoms with E-state index in [1.165, 1.54) is 32.1 Å². The van der Waals surface area contributed by atoms with Gasteiger partial charge in [0, 0.05) is 0 Å². The summed E-state index contributed by atoms with van der Waals surface area (Å²) in [4.78, 5) is 0. The van der Waals surface area contributed by atoms with Crippen LogP contribution in [-0.4, -0.2) is 0 Å². The van der Waals surface area contributed by atoms with Gasteiger partial charge in [-0.25, -0.2) is 0 Å². The fourth-order valence-electron chi connectivity index (χ4n) is 3.46. The van der Waals surface area contributed by atoms with Gasteiger partial charge >= 0.3 is 0 Å². The van der Waals surface area contributed by atoms with Crippen LogP contribution in [0.3, 0.4) is 0 Å². The summed E-state index contributed by atoms with van der Waals surface area (Å²) in [5, 5.41) is 0. The van der Waals surface area contributed by atoms with E-state index in [1.807, 2.05) is 0 Å². The summed E-state index contributed by atoms with van der Waals surface area (Å²) >= 11 is 0. The molecule has 0 radical (unpaired) electrons. The first-order chi connectivity index (χ1) is 5.77.